The molecule has 0 aliphatic heterocycles. The first-order valence-corrected chi connectivity index (χ1v) is 6.39. The van der Waals surface area contributed by atoms with Crippen LogP contribution < -0.4 is 5.73 Å². The minimum atomic E-state index is -0.295. The monoisotopic (exact) mass is 237 g/mol. The molecule has 3 N–H and O–H groups in total. The van der Waals surface area contributed by atoms with Crippen LogP contribution in [0.2, 0.25) is 0 Å². The fourth-order valence-electron chi connectivity index (χ4n) is 2.35. The summed E-state index contributed by atoms with van der Waals surface area (Å²) < 4.78 is 5.45. The largest absolute Gasteiger partial charge is 0.373 e. The lowest BCUT2D eigenvalue weighted by atomic mass is 9.86. The molecule has 1 aromatic rings. The van der Waals surface area contributed by atoms with Crippen molar-refractivity contribution in [1.82, 2.24) is 9.97 Å². The number of H-pyrrole nitrogens is 1. The van der Waals surface area contributed by atoms with E-state index in [1.165, 1.54) is 0 Å². The zero-order valence-electron chi connectivity index (χ0n) is 11.0. The Morgan fingerprint density at radius 2 is 2.00 bits per heavy atom. The Morgan fingerprint density at radius 3 is 2.59 bits per heavy atom. The van der Waals surface area contributed by atoms with Crippen LogP contribution in [0.3, 0.4) is 0 Å². The van der Waals surface area contributed by atoms with Gasteiger partial charge in [0.05, 0.1) is 11.9 Å². The molecule has 0 radical (unpaired) electrons. The van der Waals surface area contributed by atoms with Crippen LogP contribution >= 0.6 is 0 Å². The predicted octanol–water partition coefficient (Wildman–Crippen LogP) is 2.28. The second-order valence-corrected chi connectivity index (χ2v) is 5.51. The highest BCUT2D eigenvalue weighted by Gasteiger charge is 2.26. The van der Waals surface area contributed by atoms with Gasteiger partial charge >= 0.3 is 0 Å². The topological polar surface area (TPSA) is 63.9 Å². The summed E-state index contributed by atoms with van der Waals surface area (Å²) in [7, 11) is 1.72. The molecular weight excluding hydrogens is 214 g/mol. The molecule has 0 amide bonds. The van der Waals surface area contributed by atoms with E-state index in [1.54, 1.807) is 7.11 Å². The van der Waals surface area contributed by atoms with Crippen molar-refractivity contribution in [2.45, 2.75) is 57.1 Å². The molecule has 1 fully saturated rings. The van der Waals surface area contributed by atoms with E-state index < -0.39 is 0 Å². The Morgan fingerprint density at radius 1 is 1.35 bits per heavy atom. The first-order valence-electron chi connectivity index (χ1n) is 6.39. The summed E-state index contributed by atoms with van der Waals surface area (Å²) in [5.41, 5.74) is 6.67. The number of hydrogen-bond acceptors (Lipinski definition) is 3. The second kappa shape index (κ2) is 4.78. The molecule has 1 heterocycles. The molecule has 2 rings (SSSR count). The van der Waals surface area contributed by atoms with E-state index in [-0.39, 0.29) is 5.60 Å². The number of aromatic nitrogens is 2. The number of hydrogen-bond donors (Lipinski definition) is 2. The molecular formula is C13H23N3O. The van der Waals surface area contributed by atoms with Crippen LogP contribution in [0.15, 0.2) is 6.20 Å². The zero-order chi connectivity index (χ0) is 12.5. The Bertz CT molecular complexity index is 364. The number of nitrogens with two attached hydrogens (primary N) is 1. The molecule has 4 heteroatoms. The van der Waals surface area contributed by atoms with Crippen LogP contribution in [0.1, 0.15) is 57.0 Å². The van der Waals surface area contributed by atoms with E-state index >= 15 is 0 Å². The first-order chi connectivity index (χ1) is 8.03. The molecule has 1 saturated carbocycles. The average molecular weight is 237 g/mol. The molecule has 1 aliphatic rings. The molecule has 0 bridgehead atoms. The van der Waals surface area contributed by atoms with Crippen LogP contribution in [-0.4, -0.2) is 23.1 Å². The van der Waals surface area contributed by atoms with E-state index in [0.717, 1.165) is 37.2 Å². The quantitative estimate of drug-likeness (QED) is 0.847. The van der Waals surface area contributed by atoms with Crippen molar-refractivity contribution in [2.24, 2.45) is 5.73 Å². The first kappa shape index (κ1) is 12.6. The second-order valence-electron chi connectivity index (χ2n) is 5.51. The maximum Gasteiger partial charge on any atom is 0.109 e. The molecule has 0 atom stereocenters. The Kier molecular flexibility index (Phi) is 3.54. The van der Waals surface area contributed by atoms with Crippen LogP contribution in [0, 0.1) is 0 Å². The van der Waals surface area contributed by atoms with Gasteiger partial charge in [-0.2, -0.15) is 0 Å². The fraction of sp³-hybridized carbons (Fsp3) is 0.769. The maximum atomic E-state index is 5.92. The van der Waals surface area contributed by atoms with Crippen molar-refractivity contribution >= 4 is 0 Å². The lowest BCUT2D eigenvalue weighted by Crippen LogP contribution is -2.26. The molecule has 17 heavy (non-hydrogen) atoms. The molecule has 4 nitrogen and oxygen atoms in total. The lowest BCUT2D eigenvalue weighted by molar-refractivity contribution is 0.0157. The van der Waals surface area contributed by atoms with Crippen LogP contribution in [-0.2, 0) is 10.3 Å². The molecule has 96 valence electrons. The van der Waals surface area contributed by atoms with Crippen molar-refractivity contribution in [3.05, 3.63) is 17.7 Å². The minimum absolute atomic E-state index is 0.295. The fourth-order valence-corrected chi connectivity index (χ4v) is 2.35. The number of methoxy groups -OCH3 is 1. The molecule has 1 aromatic heterocycles. The lowest BCUT2D eigenvalue weighted by Gasteiger charge is -2.25. The van der Waals surface area contributed by atoms with E-state index in [1.807, 2.05) is 20.0 Å². The maximum absolute atomic E-state index is 5.92. The van der Waals surface area contributed by atoms with Gasteiger partial charge in [0.15, 0.2) is 0 Å². The number of nitrogens with one attached hydrogen (secondary N) is 1. The molecule has 1 aliphatic carbocycles. The van der Waals surface area contributed by atoms with E-state index in [9.17, 15) is 0 Å². The van der Waals surface area contributed by atoms with Gasteiger partial charge < -0.3 is 15.5 Å². The normalized spacial score (nSPS) is 26.1. The summed E-state index contributed by atoms with van der Waals surface area (Å²) in [6.45, 7) is 4.09. The third-order valence-electron chi connectivity index (χ3n) is 3.91. The highest BCUT2D eigenvalue weighted by atomic mass is 16.5. The van der Waals surface area contributed by atoms with Crippen LogP contribution in [0.5, 0.6) is 0 Å². The van der Waals surface area contributed by atoms with Gasteiger partial charge in [-0.05, 0) is 39.5 Å². The Balaban J connectivity index is 2.08. The SMILES string of the molecule is COC(C)(C)c1cnc(C2CCC(N)CC2)[nH]1. The molecule has 0 saturated heterocycles. The summed E-state index contributed by atoms with van der Waals surface area (Å²) in [4.78, 5) is 7.91. The number of aromatic amines is 1. The smallest absolute Gasteiger partial charge is 0.109 e. The number of ether oxygens (including phenoxy) is 1. The van der Waals surface area contributed by atoms with Gasteiger partial charge in [0.1, 0.15) is 11.4 Å². The van der Waals surface area contributed by atoms with Gasteiger partial charge in [-0.1, -0.05) is 0 Å². The highest BCUT2D eigenvalue weighted by Crippen LogP contribution is 2.32. The summed E-state index contributed by atoms with van der Waals surface area (Å²) in [6, 6.07) is 0.385. The van der Waals surface area contributed by atoms with E-state index in [4.69, 9.17) is 10.5 Å². The van der Waals surface area contributed by atoms with Gasteiger partial charge in [0.25, 0.3) is 0 Å². The van der Waals surface area contributed by atoms with Crippen molar-refractivity contribution in [3.8, 4) is 0 Å². The van der Waals surface area contributed by atoms with Gasteiger partial charge in [-0.15, -0.1) is 0 Å². The standard InChI is InChI=1S/C13H23N3O/c1-13(2,17-3)11-8-15-12(16-11)9-4-6-10(14)7-5-9/h8-10H,4-7,14H2,1-3H3,(H,15,16). The Labute approximate surface area is 103 Å². The summed E-state index contributed by atoms with van der Waals surface area (Å²) in [5.74, 6) is 1.63. The number of rotatable bonds is 3. The predicted molar refractivity (Wildman–Crippen MR) is 67.8 cm³/mol. The zero-order valence-corrected chi connectivity index (χ0v) is 11.0. The van der Waals surface area contributed by atoms with Crippen molar-refractivity contribution in [2.75, 3.05) is 7.11 Å². The minimum Gasteiger partial charge on any atom is -0.373 e. The molecule has 0 aromatic carbocycles. The van der Waals surface area contributed by atoms with E-state index in [0.29, 0.717) is 12.0 Å². The van der Waals surface area contributed by atoms with Crippen molar-refractivity contribution in [1.29, 1.82) is 0 Å². The Hall–Kier alpha value is -0.870. The number of nitrogens with zero attached hydrogens (tertiary/aromatic N) is 1. The van der Waals surface area contributed by atoms with Gasteiger partial charge in [-0.25, -0.2) is 4.98 Å². The van der Waals surface area contributed by atoms with Crippen molar-refractivity contribution < 1.29 is 4.74 Å². The highest BCUT2D eigenvalue weighted by molar-refractivity contribution is 5.12. The molecule has 0 unspecified atom stereocenters. The van der Waals surface area contributed by atoms with Gasteiger partial charge in [0.2, 0.25) is 0 Å². The van der Waals surface area contributed by atoms with Crippen molar-refractivity contribution in [3.63, 3.8) is 0 Å². The number of imidazole rings is 1. The van der Waals surface area contributed by atoms with Gasteiger partial charge in [-0.3, -0.25) is 0 Å². The molecule has 0 spiro atoms. The third kappa shape index (κ3) is 2.69. The van der Waals surface area contributed by atoms with Gasteiger partial charge in [0, 0.05) is 19.1 Å². The summed E-state index contributed by atoms with van der Waals surface area (Å²) >= 11 is 0. The summed E-state index contributed by atoms with van der Waals surface area (Å²) in [6.07, 6.45) is 6.39. The van der Waals surface area contributed by atoms with Crippen LogP contribution in [0.25, 0.3) is 0 Å². The average Bonchev–Trinajstić information content (AvgIpc) is 2.80. The summed E-state index contributed by atoms with van der Waals surface area (Å²) in [5, 5.41) is 0. The third-order valence-corrected chi connectivity index (χ3v) is 3.91. The van der Waals surface area contributed by atoms with E-state index in [2.05, 4.69) is 9.97 Å². The van der Waals surface area contributed by atoms with Crippen LogP contribution in [0.4, 0.5) is 0 Å².